The van der Waals surface area contributed by atoms with Gasteiger partial charge in [-0.3, -0.25) is 0 Å². The predicted molar refractivity (Wildman–Crippen MR) is 112 cm³/mol. The molecule has 1 aromatic heterocycles. The molecular formula is C23H22FN5. The number of hydrogen-bond acceptors (Lipinski definition) is 5. The van der Waals surface area contributed by atoms with E-state index >= 15 is 0 Å². The smallest absolute Gasteiger partial charge is 0.223 e. The van der Waals surface area contributed by atoms with Crippen molar-refractivity contribution in [2.75, 3.05) is 25.0 Å². The summed E-state index contributed by atoms with van der Waals surface area (Å²) in [6, 6.07) is 18.9. The fourth-order valence-electron chi connectivity index (χ4n) is 4.01. The number of benzene rings is 2. The normalized spacial score (nSPS) is 16.4. The second-order valence-electron chi connectivity index (χ2n) is 7.30. The van der Waals surface area contributed by atoms with Gasteiger partial charge in [-0.05, 0) is 35.7 Å². The van der Waals surface area contributed by atoms with Gasteiger partial charge in [0.05, 0.1) is 11.4 Å². The summed E-state index contributed by atoms with van der Waals surface area (Å²) in [5.74, 6) is 0.388. The minimum absolute atomic E-state index is 0.218. The number of nitrogens with zero attached hydrogens (tertiary/aromatic N) is 4. The fourth-order valence-corrected chi connectivity index (χ4v) is 4.01. The van der Waals surface area contributed by atoms with Crippen molar-refractivity contribution in [1.82, 2.24) is 20.0 Å². The van der Waals surface area contributed by atoms with Gasteiger partial charge in [0.25, 0.3) is 0 Å². The molecule has 3 heterocycles. The molecule has 29 heavy (non-hydrogen) atoms. The lowest BCUT2D eigenvalue weighted by molar-refractivity contribution is 0.129. The van der Waals surface area contributed by atoms with Crippen LogP contribution in [0.25, 0.3) is 11.3 Å². The molecule has 0 radical (unpaired) electrons. The Morgan fingerprint density at radius 3 is 2.62 bits per heavy atom. The van der Waals surface area contributed by atoms with E-state index in [2.05, 4.69) is 32.5 Å². The van der Waals surface area contributed by atoms with Gasteiger partial charge in [-0.15, -0.1) is 0 Å². The van der Waals surface area contributed by atoms with E-state index in [9.17, 15) is 4.39 Å². The maximum atomic E-state index is 13.4. The van der Waals surface area contributed by atoms with Crippen molar-refractivity contribution in [2.45, 2.75) is 13.0 Å². The zero-order valence-corrected chi connectivity index (χ0v) is 16.1. The Morgan fingerprint density at radius 1 is 0.966 bits per heavy atom. The minimum Gasteiger partial charge on any atom is -0.350 e. The maximum Gasteiger partial charge on any atom is 0.223 e. The van der Waals surface area contributed by atoms with Crippen LogP contribution in [0.1, 0.15) is 23.2 Å². The van der Waals surface area contributed by atoms with Gasteiger partial charge >= 0.3 is 0 Å². The molecule has 0 aliphatic carbocycles. The average molecular weight is 387 g/mol. The first-order chi connectivity index (χ1) is 14.3. The van der Waals surface area contributed by atoms with E-state index in [4.69, 9.17) is 4.98 Å². The molecule has 3 aromatic rings. The Morgan fingerprint density at radius 2 is 1.79 bits per heavy atom. The third-order valence-corrected chi connectivity index (χ3v) is 5.40. The Labute approximate surface area is 169 Å². The monoisotopic (exact) mass is 387 g/mol. The van der Waals surface area contributed by atoms with Crippen LogP contribution in [-0.2, 0) is 6.54 Å². The number of hydrazine groups is 1. The number of anilines is 1. The van der Waals surface area contributed by atoms with Gasteiger partial charge < -0.3 is 10.3 Å². The van der Waals surface area contributed by atoms with E-state index < -0.39 is 0 Å². The van der Waals surface area contributed by atoms with Crippen molar-refractivity contribution in [1.29, 1.82) is 0 Å². The molecule has 2 aromatic carbocycles. The van der Waals surface area contributed by atoms with Crippen molar-refractivity contribution in [2.24, 2.45) is 0 Å². The summed E-state index contributed by atoms with van der Waals surface area (Å²) in [6.45, 7) is 3.48. The molecular weight excluding hydrogens is 365 g/mol. The van der Waals surface area contributed by atoms with E-state index in [0.29, 0.717) is 12.5 Å². The maximum absolute atomic E-state index is 13.4. The minimum atomic E-state index is -0.218. The summed E-state index contributed by atoms with van der Waals surface area (Å²) < 4.78 is 13.4. The average Bonchev–Trinajstić information content (AvgIpc) is 3.35. The second kappa shape index (κ2) is 7.64. The summed E-state index contributed by atoms with van der Waals surface area (Å²) in [5.41, 5.74) is 5.38. The topological polar surface area (TPSA) is 44.3 Å². The lowest BCUT2D eigenvalue weighted by Crippen LogP contribution is -2.30. The van der Waals surface area contributed by atoms with Crippen LogP contribution in [0.4, 0.5) is 10.3 Å². The number of aromatic nitrogens is 2. The Kier molecular flexibility index (Phi) is 4.69. The van der Waals surface area contributed by atoms with Crippen LogP contribution < -0.4 is 5.32 Å². The molecule has 0 amide bonds. The second-order valence-corrected chi connectivity index (χ2v) is 7.30. The van der Waals surface area contributed by atoms with Crippen LogP contribution in [0.2, 0.25) is 0 Å². The molecule has 0 bridgehead atoms. The van der Waals surface area contributed by atoms with Crippen LogP contribution in [0.3, 0.4) is 0 Å². The molecule has 0 atom stereocenters. The van der Waals surface area contributed by atoms with E-state index in [0.717, 1.165) is 43.0 Å². The summed E-state index contributed by atoms with van der Waals surface area (Å²) >= 11 is 0. The van der Waals surface area contributed by atoms with E-state index in [-0.39, 0.29) is 5.82 Å². The summed E-state index contributed by atoms with van der Waals surface area (Å²) in [4.78, 5) is 9.20. The molecule has 0 saturated carbocycles. The summed E-state index contributed by atoms with van der Waals surface area (Å²) in [6.07, 6.45) is 2.92. The summed E-state index contributed by atoms with van der Waals surface area (Å²) in [5, 5.41) is 7.97. The van der Waals surface area contributed by atoms with Crippen molar-refractivity contribution in [3.8, 4) is 0 Å². The highest BCUT2D eigenvalue weighted by Crippen LogP contribution is 2.38. The molecule has 5 nitrogen and oxygen atoms in total. The van der Waals surface area contributed by atoms with Gasteiger partial charge in [0.2, 0.25) is 5.95 Å². The molecule has 0 spiro atoms. The molecule has 1 saturated heterocycles. The number of halogens is 1. The van der Waals surface area contributed by atoms with Gasteiger partial charge in [0.1, 0.15) is 5.82 Å². The standard InChI is InChI=1S/C23H22FN5/c24-19-9-7-18(8-10-19)20-16-28-13-4-14-29(28)22(20)21-11-12-25-23(27-21)26-15-17-5-2-1-3-6-17/h1-3,5-12H,4,13-16H2,(H,25,26,27). The van der Waals surface area contributed by atoms with Crippen LogP contribution in [-0.4, -0.2) is 39.6 Å². The van der Waals surface area contributed by atoms with E-state index in [1.165, 1.54) is 23.3 Å². The van der Waals surface area contributed by atoms with Crippen LogP contribution >= 0.6 is 0 Å². The van der Waals surface area contributed by atoms with Crippen molar-refractivity contribution >= 4 is 17.2 Å². The molecule has 2 aliphatic heterocycles. The van der Waals surface area contributed by atoms with Gasteiger partial charge in [0, 0.05) is 37.9 Å². The number of fused-ring (bicyclic) bond motifs is 1. The molecule has 5 rings (SSSR count). The van der Waals surface area contributed by atoms with Gasteiger partial charge in [-0.2, -0.15) is 0 Å². The molecule has 6 heteroatoms. The molecule has 2 aliphatic rings. The lowest BCUT2D eigenvalue weighted by atomic mass is 10.0. The van der Waals surface area contributed by atoms with E-state index in [1.807, 2.05) is 36.4 Å². The van der Waals surface area contributed by atoms with Crippen molar-refractivity contribution in [3.63, 3.8) is 0 Å². The van der Waals surface area contributed by atoms with Crippen LogP contribution in [0, 0.1) is 5.82 Å². The molecule has 1 fully saturated rings. The molecule has 0 unspecified atom stereocenters. The summed E-state index contributed by atoms with van der Waals surface area (Å²) in [7, 11) is 0. The number of rotatable bonds is 5. The van der Waals surface area contributed by atoms with Crippen molar-refractivity contribution < 1.29 is 4.39 Å². The molecule has 146 valence electrons. The van der Waals surface area contributed by atoms with Gasteiger partial charge in [-0.25, -0.2) is 19.4 Å². The fraction of sp³-hybridized carbons (Fsp3) is 0.217. The quantitative estimate of drug-likeness (QED) is 0.716. The van der Waals surface area contributed by atoms with Crippen LogP contribution in [0.5, 0.6) is 0 Å². The van der Waals surface area contributed by atoms with Crippen LogP contribution in [0.15, 0.2) is 66.9 Å². The highest BCUT2D eigenvalue weighted by atomic mass is 19.1. The number of hydrogen-bond donors (Lipinski definition) is 1. The third kappa shape index (κ3) is 3.59. The Balaban J connectivity index is 1.48. The Bertz CT molecular complexity index is 1030. The third-order valence-electron chi connectivity index (χ3n) is 5.40. The predicted octanol–water partition coefficient (Wildman–Crippen LogP) is 4.03. The van der Waals surface area contributed by atoms with Gasteiger partial charge in [0.15, 0.2) is 0 Å². The largest absolute Gasteiger partial charge is 0.350 e. The zero-order valence-electron chi connectivity index (χ0n) is 16.1. The van der Waals surface area contributed by atoms with Gasteiger partial charge in [-0.1, -0.05) is 42.5 Å². The number of nitrogens with one attached hydrogen (secondary N) is 1. The first-order valence-electron chi connectivity index (χ1n) is 9.91. The Hall–Kier alpha value is -3.25. The lowest BCUT2D eigenvalue weighted by Gasteiger charge is -2.23. The van der Waals surface area contributed by atoms with Crippen molar-refractivity contribution in [3.05, 3.63) is 89.5 Å². The van der Waals surface area contributed by atoms with E-state index in [1.54, 1.807) is 6.20 Å². The first-order valence-corrected chi connectivity index (χ1v) is 9.91. The first kappa shape index (κ1) is 17.8. The molecule has 1 N–H and O–H groups in total. The SMILES string of the molecule is Fc1ccc(C2=C(c3ccnc(NCc4ccccc4)n3)N3CCCN3C2)cc1. The highest BCUT2D eigenvalue weighted by molar-refractivity contribution is 5.91. The zero-order chi connectivity index (χ0) is 19.6. The highest BCUT2D eigenvalue weighted by Gasteiger charge is 2.35.